The lowest BCUT2D eigenvalue weighted by Crippen LogP contribution is -2.40. The number of nitrogens with one attached hydrogen (secondary N) is 1. The standard InChI is InChI=1S/C11H14F3N/c1-15-10(11(12,13)14)8-7-9-5-3-2-4-6-9/h2-6,10,15H,7-8H2,1H3/t10-/m1/s1. The molecule has 0 bridgehead atoms. The Hall–Kier alpha value is -1.03. The maximum absolute atomic E-state index is 12.4. The van der Waals surface area contributed by atoms with Crippen molar-refractivity contribution in [2.24, 2.45) is 0 Å². The Morgan fingerprint density at radius 2 is 1.80 bits per heavy atom. The summed E-state index contributed by atoms with van der Waals surface area (Å²) in [5.74, 6) is 0. The van der Waals surface area contributed by atoms with Crippen LogP contribution >= 0.6 is 0 Å². The van der Waals surface area contributed by atoms with E-state index in [0.29, 0.717) is 6.42 Å². The topological polar surface area (TPSA) is 12.0 Å². The summed E-state index contributed by atoms with van der Waals surface area (Å²) in [5, 5.41) is 2.29. The first-order valence-electron chi connectivity index (χ1n) is 4.82. The van der Waals surface area contributed by atoms with Gasteiger partial charge in [-0.1, -0.05) is 30.3 Å². The molecule has 1 N–H and O–H groups in total. The molecule has 1 nitrogen and oxygen atoms in total. The van der Waals surface area contributed by atoms with E-state index in [9.17, 15) is 13.2 Å². The second-order valence-corrected chi connectivity index (χ2v) is 3.41. The molecule has 1 atom stereocenters. The second-order valence-electron chi connectivity index (χ2n) is 3.41. The van der Waals surface area contributed by atoms with Gasteiger partial charge in [-0.2, -0.15) is 13.2 Å². The minimum Gasteiger partial charge on any atom is -0.309 e. The van der Waals surface area contributed by atoms with Crippen LogP contribution in [0.4, 0.5) is 13.2 Å². The third kappa shape index (κ3) is 3.91. The monoisotopic (exact) mass is 217 g/mol. The van der Waals surface area contributed by atoms with Crippen molar-refractivity contribution in [3.63, 3.8) is 0 Å². The smallest absolute Gasteiger partial charge is 0.309 e. The molecule has 0 heterocycles. The molecule has 15 heavy (non-hydrogen) atoms. The highest BCUT2D eigenvalue weighted by molar-refractivity contribution is 5.14. The van der Waals surface area contributed by atoms with Crippen molar-refractivity contribution in [1.82, 2.24) is 5.32 Å². The minimum atomic E-state index is -4.16. The molecule has 0 saturated heterocycles. The summed E-state index contributed by atoms with van der Waals surface area (Å²) in [6.07, 6.45) is -3.65. The second kappa shape index (κ2) is 5.16. The highest BCUT2D eigenvalue weighted by Gasteiger charge is 2.37. The molecule has 84 valence electrons. The first kappa shape index (κ1) is 12.0. The van der Waals surface area contributed by atoms with E-state index in [-0.39, 0.29) is 6.42 Å². The number of alkyl halides is 3. The van der Waals surface area contributed by atoms with Crippen molar-refractivity contribution >= 4 is 0 Å². The lowest BCUT2D eigenvalue weighted by Gasteiger charge is -2.19. The van der Waals surface area contributed by atoms with Crippen LogP contribution in [0.25, 0.3) is 0 Å². The Bertz CT molecular complexity index is 282. The fourth-order valence-corrected chi connectivity index (χ4v) is 1.43. The van der Waals surface area contributed by atoms with Crippen LogP contribution in [0.2, 0.25) is 0 Å². The summed E-state index contributed by atoms with van der Waals surface area (Å²) in [6.45, 7) is 0. The fourth-order valence-electron chi connectivity index (χ4n) is 1.43. The van der Waals surface area contributed by atoms with Crippen molar-refractivity contribution in [2.75, 3.05) is 7.05 Å². The molecule has 0 aliphatic heterocycles. The Morgan fingerprint density at radius 3 is 2.27 bits per heavy atom. The van der Waals surface area contributed by atoms with Gasteiger partial charge in [0.15, 0.2) is 0 Å². The van der Waals surface area contributed by atoms with Gasteiger partial charge in [0.05, 0.1) is 0 Å². The molecule has 0 aliphatic carbocycles. The molecular formula is C11H14F3N. The molecule has 0 radical (unpaired) electrons. The van der Waals surface area contributed by atoms with Crippen LogP contribution in [-0.2, 0) is 6.42 Å². The Balaban J connectivity index is 2.49. The fraction of sp³-hybridized carbons (Fsp3) is 0.455. The highest BCUT2D eigenvalue weighted by Crippen LogP contribution is 2.23. The zero-order valence-corrected chi connectivity index (χ0v) is 8.51. The predicted molar refractivity (Wildman–Crippen MR) is 53.7 cm³/mol. The molecule has 0 spiro atoms. The molecule has 1 aromatic carbocycles. The molecule has 0 aromatic heterocycles. The van der Waals surface area contributed by atoms with Crippen molar-refractivity contribution in [1.29, 1.82) is 0 Å². The van der Waals surface area contributed by atoms with Crippen LogP contribution < -0.4 is 5.32 Å². The molecular weight excluding hydrogens is 203 g/mol. The molecule has 4 heteroatoms. The van der Waals surface area contributed by atoms with Gasteiger partial charge in [0.25, 0.3) is 0 Å². The lowest BCUT2D eigenvalue weighted by atomic mass is 10.1. The number of hydrogen-bond acceptors (Lipinski definition) is 1. The van der Waals surface area contributed by atoms with Gasteiger partial charge in [-0.25, -0.2) is 0 Å². The van der Waals surface area contributed by atoms with Crippen LogP contribution in [0.5, 0.6) is 0 Å². The molecule has 0 aliphatic rings. The van der Waals surface area contributed by atoms with Gasteiger partial charge in [-0.15, -0.1) is 0 Å². The van der Waals surface area contributed by atoms with Gasteiger partial charge in [0.1, 0.15) is 6.04 Å². The highest BCUT2D eigenvalue weighted by atomic mass is 19.4. The summed E-state index contributed by atoms with van der Waals surface area (Å²) in [4.78, 5) is 0. The van der Waals surface area contributed by atoms with Crippen molar-refractivity contribution in [3.8, 4) is 0 Å². The van der Waals surface area contributed by atoms with E-state index < -0.39 is 12.2 Å². The van der Waals surface area contributed by atoms with Crippen molar-refractivity contribution in [3.05, 3.63) is 35.9 Å². The summed E-state index contributed by atoms with van der Waals surface area (Å²) in [7, 11) is 1.34. The lowest BCUT2D eigenvalue weighted by molar-refractivity contribution is -0.155. The van der Waals surface area contributed by atoms with E-state index in [0.717, 1.165) is 5.56 Å². The van der Waals surface area contributed by atoms with E-state index in [1.54, 1.807) is 0 Å². The van der Waals surface area contributed by atoms with E-state index in [4.69, 9.17) is 0 Å². The molecule has 1 aromatic rings. The maximum Gasteiger partial charge on any atom is 0.403 e. The van der Waals surface area contributed by atoms with Crippen LogP contribution in [-0.4, -0.2) is 19.3 Å². The summed E-state index contributed by atoms with van der Waals surface area (Å²) in [6, 6.07) is 7.77. The number of benzene rings is 1. The zero-order chi connectivity index (χ0) is 11.3. The van der Waals surface area contributed by atoms with E-state index in [1.165, 1.54) is 7.05 Å². The molecule has 0 unspecified atom stereocenters. The van der Waals surface area contributed by atoms with Crippen LogP contribution in [0.3, 0.4) is 0 Å². The number of hydrogen-bond donors (Lipinski definition) is 1. The van der Waals surface area contributed by atoms with Crippen molar-refractivity contribution < 1.29 is 13.2 Å². The normalized spacial score (nSPS) is 13.9. The van der Waals surface area contributed by atoms with E-state index in [1.807, 2.05) is 30.3 Å². The van der Waals surface area contributed by atoms with Crippen LogP contribution in [0.1, 0.15) is 12.0 Å². The van der Waals surface area contributed by atoms with Crippen molar-refractivity contribution in [2.45, 2.75) is 25.1 Å². The third-order valence-corrected chi connectivity index (χ3v) is 2.31. The van der Waals surface area contributed by atoms with Gasteiger partial charge in [-0.3, -0.25) is 0 Å². The third-order valence-electron chi connectivity index (χ3n) is 2.31. The molecule has 0 amide bonds. The Kier molecular flexibility index (Phi) is 4.15. The molecule has 0 saturated carbocycles. The summed E-state index contributed by atoms with van der Waals surface area (Å²) < 4.78 is 37.1. The van der Waals surface area contributed by atoms with Crippen LogP contribution in [0, 0.1) is 0 Å². The maximum atomic E-state index is 12.4. The summed E-state index contributed by atoms with van der Waals surface area (Å²) in [5.41, 5.74) is 0.932. The predicted octanol–water partition coefficient (Wildman–Crippen LogP) is 2.77. The molecule has 0 fully saturated rings. The first-order valence-corrected chi connectivity index (χ1v) is 4.82. The van der Waals surface area contributed by atoms with Gasteiger partial charge < -0.3 is 5.32 Å². The average molecular weight is 217 g/mol. The number of aryl methyl sites for hydroxylation is 1. The SMILES string of the molecule is CN[C@H](CCc1ccccc1)C(F)(F)F. The number of halogens is 3. The minimum absolute atomic E-state index is 0.0734. The summed E-state index contributed by atoms with van der Waals surface area (Å²) >= 11 is 0. The zero-order valence-electron chi connectivity index (χ0n) is 8.51. The Labute approximate surface area is 87.3 Å². The van der Waals surface area contributed by atoms with Gasteiger partial charge >= 0.3 is 6.18 Å². The van der Waals surface area contributed by atoms with Crippen LogP contribution in [0.15, 0.2) is 30.3 Å². The van der Waals surface area contributed by atoms with Gasteiger partial charge in [-0.05, 0) is 25.5 Å². The van der Waals surface area contributed by atoms with E-state index in [2.05, 4.69) is 5.32 Å². The van der Waals surface area contributed by atoms with Gasteiger partial charge in [0.2, 0.25) is 0 Å². The quantitative estimate of drug-likeness (QED) is 0.817. The average Bonchev–Trinajstić information content (AvgIpc) is 2.18. The first-order chi connectivity index (χ1) is 7.04. The number of rotatable bonds is 4. The van der Waals surface area contributed by atoms with Gasteiger partial charge in [0, 0.05) is 0 Å². The van der Waals surface area contributed by atoms with E-state index >= 15 is 0 Å². The Morgan fingerprint density at radius 1 is 1.20 bits per heavy atom. The molecule has 1 rings (SSSR count). The largest absolute Gasteiger partial charge is 0.403 e.